The molecule has 21 heavy (non-hydrogen) atoms. The second-order valence-corrected chi connectivity index (χ2v) is 4.74. The van der Waals surface area contributed by atoms with Crippen molar-refractivity contribution in [3.63, 3.8) is 0 Å². The molecular weight excluding hydrogens is 266 g/mol. The van der Waals surface area contributed by atoms with Gasteiger partial charge in [0.2, 0.25) is 5.91 Å². The summed E-state index contributed by atoms with van der Waals surface area (Å²) in [4.78, 5) is 16.1. The van der Waals surface area contributed by atoms with Gasteiger partial charge in [0, 0.05) is 13.2 Å². The Labute approximate surface area is 124 Å². The summed E-state index contributed by atoms with van der Waals surface area (Å²) >= 11 is 0. The van der Waals surface area contributed by atoms with Crippen LogP contribution in [0.5, 0.6) is 0 Å². The molecule has 0 aliphatic heterocycles. The maximum Gasteiger partial charge on any atom is 0.243 e. The highest BCUT2D eigenvalue weighted by Crippen LogP contribution is 2.20. The Bertz CT molecular complexity index is 633. The second-order valence-electron chi connectivity index (χ2n) is 4.74. The average molecular weight is 287 g/mol. The fourth-order valence-corrected chi connectivity index (χ4v) is 2.30. The first-order chi connectivity index (χ1) is 10.2. The van der Waals surface area contributed by atoms with E-state index in [-0.39, 0.29) is 11.9 Å². The fraction of sp³-hybridized carbons (Fsp3) is 0.375. The first-order valence-electron chi connectivity index (χ1n) is 7.13. The van der Waals surface area contributed by atoms with Crippen LogP contribution in [0.15, 0.2) is 36.9 Å². The largest absolute Gasteiger partial charge is 0.380 e. The fourth-order valence-electron chi connectivity index (χ4n) is 2.30. The number of para-hydroxylation sites is 2. The van der Waals surface area contributed by atoms with E-state index in [4.69, 9.17) is 4.74 Å². The maximum absolute atomic E-state index is 11.5. The van der Waals surface area contributed by atoms with Gasteiger partial charge in [-0.1, -0.05) is 18.7 Å². The third kappa shape index (κ3) is 3.49. The summed E-state index contributed by atoms with van der Waals surface area (Å²) in [5.41, 5.74) is 1.97. The van der Waals surface area contributed by atoms with Gasteiger partial charge < -0.3 is 14.6 Å². The van der Waals surface area contributed by atoms with E-state index in [2.05, 4.69) is 21.4 Å². The molecule has 1 aromatic heterocycles. The number of nitrogens with one attached hydrogen (secondary N) is 1. The number of hydrogen-bond acceptors (Lipinski definition) is 3. The Kier molecular flexibility index (Phi) is 5.11. The van der Waals surface area contributed by atoms with E-state index in [0.717, 1.165) is 16.9 Å². The van der Waals surface area contributed by atoms with Gasteiger partial charge in [-0.25, -0.2) is 4.98 Å². The van der Waals surface area contributed by atoms with Crippen molar-refractivity contribution in [3.05, 3.63) is 42.7 Å². The van der Waals surface area contributed by atoms with Crippen molar-refractivity contribution in [3.8, 4) is 0 Å². The van der Waals surface area contributed by atoms with E-state index in [1.807, 2.05) is 38.1 Å². The lowest BCUT2D eigenvalue weighted by atomic mass is 10.3. The Balaban J connectivity index is 2.33. The molecule has 0 saturated heterocycles. The normalized spacial score (nSPS) is 12.3. The van der Waals surface area contributed by atoms with Crippen LogP contribution in [0.4, 0.5) is 0 Å². The summed E-state index contributed by atoms with van der Waals surface area (Å²) in [6.07, 6.45) is 1.27. The van der Waals surface area contributed by atoms with Gasteiger partial charge in [0.1, 0.15) is 5.82 Å². The molecule has 2 rings (SSSR count). The lowest BCUT2D eigenvalue weighted by molar-refractivity contribution is -0.117. The third-order valence-corrected chi connectivity index (χ3v) is 3.28. The molecule has 0 spiro atoms. The van der Waals surface area contributed by atoms with Crippen LogP contribution < -0.4 is 5.32 Å². The van der Waals surface area contributed by atoms with Crippen molar-refractivity contribution >= 4 is 16.9 Å². The summed E-state index contributed by atoms with van der Waals surface area (Å²) in [6, 6.07) is 7.75. The molecule has 1 aromatic carbocycles. The smallest absolute Gasteiger partial charge is 0.243 e. The highest BCUT2D eigenvalue weighted by atomic mass is 16.5. The van der Waals surface area contributed by atoms with Gasteiger partial charge >= 0.3 is 0 Å². The number of amides is 1. The molecule has 1 unspecified atom stereocenters. The number of imidazole rings is 1. The van der Waals surface area contributed by atoms with Crippen molar-refractivity contribution in [2.24, 2.45) is 0 Å². The van der Waals surface area contributed by atoms with E-state index in [1.165, 1.54) is 6.08 Å². The van der Waals surface area contributed by atoms with E-state index < -0.39 is 0 Å². The number of aromatic nitrogens is 2. The molecule has 112 valence electrons. The molecule has 0 fully saturated rings. The van der Waals surface area contributed by atoms with Crippen LogP contribution in [-0.4, -0.2) is 28.7 Å². The molecule has 1 amide bonds. The van der Waals surface area contributed by atoms with Gasteiger partial charge in [0.25, 0.3) is 0 Å². The molecule has 0 radical (unpaired) electrons. The number of carbonyl (C=O) groups excluding carboxylic acids is 1. The Hall–Kier alpha value is -2.14. The molecule has 0 aliphatic carbocycles. The van der Waals surface area contributed by atoms with E-state index in [0.29, 0.717) is 19.8 Å². The lowest BCUT2D eigenvalue weighted by Crippen LogP contribution is -2.27. The first-order valence-corrected chi connectivity index (χ1v) is 7.13. The zero-order valence-electron chi connectivity index (χ0n) is 12.5. The first kappa shape index (κ1) is 15.3. The van der Waals surface area contributed by atoms with Crippen molar-refractivity contribution in [1.29, 1.82) is 0 Å². The van der Waals surface area contributed by atoms with Crippen molar-refractivity contribution in [1.82, 2.24) is 14.9 Å². The van der Waals surface area contributed by atoms with Crippen LogP contribution in [0.25, 0.3) is 11.0 Å². The molecule has 0 saturated carbocycles. The zero-order chi connectivity index (χ0) is 15.2. The van der Waals surface area contributed by atoms with Gasteiger partial charge in [0.15, 0.2) is 0 Å². The predicted molar refractivity (Wildman–Crippen MR) is 83.0 cm³/mol. The molecule has 1 atom stereocenters. The minimum atomic E-state index is -0.203. The van der Waals surface area contributed by atoms with Crippen LogP contribution in [0.2, 0.25) is 0 Å². The van der Waals surface area contributed by atoms with Crippen LogP contribution >= 0.6 is 0 Å². The molecular formula is C16H21N3O2. The minimum absolute atomic E-state index is 0.190. The minimum Gasteiger partial charge on any atom is -0.380 e. The summed E-state index contributed by atoms with van der Waals surface area (Å²) in [5.74, 6) is 0.622. The van der Waals surface area contributed by atoms with Gasteiger partial charge in [0.05, 0.1) is 23.7 Å². The van der Waals surface area contributed by atoms with Gasteiger partial charge in [-0.15, -0.1) is 0 Å². The van der Waals surface area contributed by atoms with Crippen molar-refractivity contribution < 1.29 is 9.53 Å². The zero-order valence-corrected chi connectivity index (χ0v) is 12.5. The lowest BCUT2D eigenvalue weighted by Gasteiger charge is -2.15. The molecule has 5 nitrogen and oxygen atoms in total. The number of carbonyl (C=O) groups is 1. The van der Waals surface area contributed by atoms with Crippen LogP contribution in [0.3, 0.4) is 0 Å². The summed E-state index contributed by atoms with van der Waals surface area (Å²) in [6.45, 7) is 9.37. The Morgan fingerprint density at radius 3 is 3.00 bits per heavy atom. The number of hydrogen-bond donors (Lipinski definition) is 1. The van der Waals surface area contributed by atoms with Gasteiger partial charge in [-0.3, -0.25) is 4.79 Å². The SMILES string of the molecule is C=CC(=O)NC(C)c1nc2ccccc2n1CCOCC. The molecule has 2 aromatic rings. The monoisotopic (exact) mass is 287 g/mol. The second kappa shape index (κ2) is 7.04. The topological polar surface area (TPSA) is 56.2 Å². The molecule has 1 N–H and O–H groups in total. The maximum atomic E-state index is 11.5. The predicted octanol–water partition coefficient (Wildman–Crippen LogP) is 2.44. The third-order valence-electron chi connectivity index (χ3n) is 3.28. The Morgan fingerprint density at radius 1 is 1.52 bits per heavy atom. The molecule has 0 aliphatic rings. The van der Waals surface area contributed by atoms with Crippen LogP contribution in [0, 0.1) is 0 Å². The van der Waals surface area contributed by atoms with Crippen molar-refractivity contribution in [2.75, 3.05) is 13.2 Å². The van der Waals surface area contributed by atoms with E-state index in [9.17, 15) is 4.79 Å². The van der Waals surface area contributed by atoms with Crippen LogP contribution in [-0.2, 0) is 16.1 Å². The van der Waals surface area contributed by atoms with E-state index in [1.54, 1.807) is 0 Å². The quantitative estimate of drug-likeness (QED) is 0.628. The van der Waals surface area contributed by atoms with Gasteiger partial charge in [-0.2, -0.15) is 0 Å². The number of ether oxygens (including phenoxy) is 1. The summed E-state index contributed by atoms with van der Waals surface area (Å²) in [5, 5.41) is 2.86. The molecule has 5 heteroatoms. The number of fused-ring (bicyclic) bond motifs is 1. The number of nitrogens with zero attached hydrogens (tertiary/aromatic N) is 2. The highest BCUT2D eigenvalue weighted by molar-refractivity contribution is 5.87. The summed E-state index contributed by atoms with van der Waals surface area (Å²) < 4.78 is 7.54. The average Bonchev–Trinajstić information content (AvgIpc) is 2.86. The summed E-state index contributed by atoms with van der Waals surface area (Å²) in [7, 11) is 0. The molecule has 1 heterocycles. The highest BCUT2D eigenvalue weighted by Gasteiger charge is 2.17. The molecule has 0 bridgehead atoms. The number of benzene rings is 1. The number of rotatable bonds is 7. The van der Waals surface area contributed by atoms with E-state index >= 15 is 0 Å². The Morgan fingerprint density at radius 2 is 2.29 bits per heavy atom. The van der Waals surface area contributed by atoms with Crippen molar-refractivity contribution in [2.45, 2.75) is 26.4 Å². The van der Waals surface area contributed by atoms with Crippen LogP contribution in [0.1, 0.15) is 25.7 Å². The van der Waals surface area contributed by atoms with Gasteiger partial charge in [-0.05, 0) is 32.1 Å². The standard InChI is InChI=1S/C16H21N3O2/c1-4-15(20)17-12(3)16-18-13-8-6-7-9-14(13)19(16)10-11-21-5-2/h4,6-9,12H,1,5,10-11H2,2-3H3,(H,17,20).